The summed E-state index contributed by atoms with van der Waals surface area (Å²) < 4.78 is 5.46. The molecule has 3 heterocycles. The largest absolute Gasteiger partial charge is 0.356 e. The van der Waals surface area contributed by atoms with Crippen LogP contribution in [0.2, 0.25) is 0 Å². The lowest BCUT2D eigenvalue weighted by Crippen LogP contribution is -2.17. The first-order valence-corrected chi connectivity index (χ1v) is 8.20. The zero-order chi connectivity index (χ0) is 17.2. The summed E-state index contributed by atoms with van der Waals surface area (Å²) in [6, 6.07) is 17.3. The highest BCUT2D eigenvalue weighted by Crippen LogP contribution is 2.32. The van der Waals surface area contributed by atoms with Crippen LogP contribution in [0.15, 0.2) is 65.3 Å². The number of rotatable bonds is 4. The summed E-state index contributed by atoms with van der Waals surface area (Å²) in [5.41, 5.74) is 11.6. The van der Waals surface area contributed by atoms with Crippen LogP contribution in [0.3, 0.4) is 0 Å². The van der Waals surface area contributed by atoms with Crippen LogP contribution in [-0.4, -0.2) is 15.1 Å². The van der Waals surface area contributed by atoms with E-state index in [1.54, 1.807) is 6.20 Å². The van der Waals surface area contributed by atoms with Crippen molar-refractivity contribution in [2.45, 2.75) is 19.4 Å². The second-order valence-electron chi connectivity index (χ2n) is 6.04. The lowest BCUT2D eigenvalue weighted by Gasteiger charge is -2.15. The highest BCUT2D eigenvalue weighted by atomic mass is 16.5. The number of benzene rings is 1. The standard InChI is InChI=1S/C20H18N4O/c1-13-9-10-16(19-15-7-2-3-8-18(15)25-24-19)20(23-13)17(21)12-14-6-4-5-11-22-14/h2-11,17H,12,21H2,1H3/t17-/m0/s1. The number of pyridine rings is 2. The van der Waals surface area contributed by atoms with Crippen LogP contribution in [0.5, 0.6) is 0 Å². The number of aromatic nitrogens is 3. The predicted molar refractivity (Wildman–Crippen MR) is 96.8 cm³/mol. The number of hydrogen-bond donors (Lipinski definition) is 1. The Kier molecular flexibility index (Phi) is 3.99. The Balaban J connectivity index is 1.79. The van der Waals surface area contributed by atoms with Gasteiger partial charge in [0.2, 0.25) is 0 Å². The van der Waals surface area contributed by atoms with Crippen molar-refractivity contribution < 1.29 is 4.52 Å². The molecule has 3 aromatic heterocycles. The van der Waals surface area contributed by atoms with E-state index in [-0.39, 0.29) is 6.04 Å². The first-order chi connectivity index (χ1) is 12.2. The summed E-state index contributed by atoms with van der Waals surface area (Å²) in [5.74, 6) is 0. The highest BCUT2D eigenvalue weighted by molar-refractivity contribution is 5.92. The van der Waals surface area contributed by atoms with E-state index in [0.717, 1.165) is 39.3 Å². The molecule has 5 nitrogen and oxygen atoms in total. The number of nitrogens with zero attached hydrogens (tertiary/aromatic N) is 3. The minimum Gasteiger partial charge on any atom is -0.356 e. The fraction of sp³-hybridized carbons (Fsp3) is 0.150. The Morgan fingerprint density at radius 1 is 1.04 bits per heavy atom. The molecule has 0 radical (unpaired) electrons. The van der Waals surface area contributed by atoms with E-state index < -0.39 is 0 Å². The molecule has 0 saturated heterocycles. The molecule has 5 heteroatoms. The van der Waals surface area contributed by atoms with Crippen LogP contribution < -0.4 is 5.73 Å². The Bertz CT molecular complexity index is 1010. The van der Waals surface area contributed by atoms with Crippen molar-refractivity contribution in [2.75, 3.05) is 0 Å². The Morgan fingerprint density at radius 2 is 1.88 bits per heavy atom. The molecule has 0 aliphatic rings. The third-order valence-corrected chi connectivity index (χ3v) is 4.20. The molecule has 0 bridgehead atoms. The minimum absolute atomic E-state index is 0.278. The molecule has 124 valence electrons. The first kappa shape index (κ1) is 15.5. The van der Waals surface area contributed by atoms with Crippen molar-refractivity contribution in [1.29, 1.82) is 0 Å². The van der Waals surface area contributed by atoms with Gasteiger partial charge in [0.25, 0.3) is 0 Å². The van der Waals surface area contributed by atoms with Crippen molar-refractivity contribution in [1.82, 2.24) is 15.1 Å². The van der Waals surface area contributed by atoms with Gasteiger partial charge in [-0.3, -0.25) is 9.97 Å². The van der Waals surface area contributed by atoms with Gasteiger partial charge in [-0.1, -0.05) is 23.4 Å². The molecule has 0 unspecified atom stereocenters. The Hall–Kier alpha value is -3.05. The maximum absolute atomic E-state index is 6.49. The van der Waals surface area contributed by atoms with Gasteiger partial charge in [0.05, 0.1) is 11.7 Å². The van der Waals surface area contributed by atoms with Gasteiger partial charge in [0.15, 0.2) is 5.58 Å². The molecule has 1 aromatic carbocycles. The van der Waals surface area contributed by atoms with Crippen LogP contribution in [0.1, 0.15) is 23.1 Å². The molecule has 0 spiro atoms. The molecule has 0 fully saturated rings. The second-order valence-corrected chi connectivity index (χ2v) is 6.04. The predicted octanol–water partition coefficient (Wildman–Crippen LogP) is 3.84. The number of hydrogen-bond acceptors (Lipinski definition) is 5. The number of fused-ring (bicyclic) bond motifs is 1. The van der Waals surface area contributed by atoms with E-state index in [1.165, 1.54) is 0 Å². The van der Waals surface area contributed by atoms with Crippen molar-refractivity contribution in [3.8, 4) is 11.3 Å². The topological polar surface area (TPSA) is 77.8 Å². The van der Waals surface area contributed by atoms with Crippen LogP contribution in [-0.2, 0) is 6.42 Å². The fourth-order valence-corrected chi connectivity index (χ4v) is 2.98. The van der Waals surface area contributed by atoms with Crippen LogP contribution in [0.4, 0.5) is 0 Å². The maximum Gasteiger partial charge on any atom is 0.167 e. The van der Waals surface area contributed by atoms with Gasteiger partial charge in [-0.2, -0.15) is 0 Å². The summed E-state index contributed by atoms with van der Waals surface area (Å²) in [6.07, 6.45) is 2.39. The zero-order valence-electron chi connectivity index (χ0n) is 13.9. The lowest BCUT2D eigenvalue weighted by atomic mass is 9.98. The van der Waals surface area contributed by atoms with E-state index in [2.05, 4.69) is 10.1 Å². The van der Waals surface area contributed by atoms with E-state index in [0.29, 0.717) is 6.42 Å². The molecule has 25 heavy (non-hydrogen) atoms. The van der Waals surface area contributed by atoms with E-state index in [9.17, 15) is 0 Å². The molecule has 0 aliphatic heterocycles. The van der Waals surface area contributed by atoms with Gasteiger partial charge < -0.3 is 10.3 Å². The SMILES string of the molecule is Cc1ccc(-c2noc3ccccc23)c([C@@H](N)Cc2ccccn2)n1. The molecule has 4 aromatic rings. The summed E-state index contributed by atoms with van der Waals surface area (Å²) in [5, 5.41) is 5.22. The van der Waals surface area contributed by atoms with Gasteiger partial charge >= 0.3 is 0 Å². The molecule has 0 saturated carbocycles. The lowest BCUT2D eigenvalue weighted by molar-refractivity contribution is 0.459. The van der Waals surface area contributed by atoms with Crippen molar-refractivity contribution >= 4 is 11.0 Å². The van der Waals surface area contributed by atoms with Crippen LogP contribution >= 0.6 is 0 Å². The normalized spacial score (nSPS) is 12.4. The molecular weight excluding hydrogens is 312 g/mol. The monoisotopic (exact) mass is 330 g/mol. The van der Waals surface area contributed by atoms with E-state index >= 15 is 0 Å². The van der Waals surface area contributed by atoms with E-state index in [4.69, 9.17) is 15.2 Å². The summed E-state index contributed by atoms with van der Waals surface area (Å²) in [7, 11) is 0. The molecule has 4 rings (SSSR count). The second kappa shape index (κ2) is 6.45. The minimum atomic E-state index is -0.278. The Morgan fingerprint density at radius 3 is 2.72 bits per heavy atom. The molecular formula is C20H18N4O. The van der Waals surface area contributed by atoms with Crippen LogP contribution in [0.25, 0.3) is 22.2 Å². The summed E-state index contributed by atoms with van der Waals surface area (Å²) >= 11 is 0. The molecule has 0 aliphatic carbocycles. The average Bonchev–Trinajstić information content (AvgIpc) is 3.06. The number of nitrogens with two attached hydrogens (primary N) is 1. The van der Waals surface area contributed by atoms with Crippen molar-refractivity contribution in [3.05, 3.63) is 77.9 Å². The highest BCUT2D eigenvalue weighted by Gasteiger charge is 2.20. The third kappa shape index (κ3) is 3.02. The zero-order valence-corrected chi connectivity index (χ0v) is 13.9. The quantitative estimate of drug-likeness (QED) is 0.615. The molecule has 0 amide bonds. The average molecular weight is 330 g/mol. The molecule has 1 atom stereocenters. The summed E-state index contributed by atoms with van der Waals surface area (Å²) in [6.45, 7) is 1.96. The van der Waals surface area contributed by atoms with Crippen molar-refractivity contribution in [2.24, 2.45) is 5.73 Å². The van der Waals surface area contributed by atoms with Gasteiger partial charge in [0.1, 0.15) is 5.69 Å². The number of aryl methyl sites for hydroxylation is 1. The van der Waals surface area contributed by atoms with Gasteiger partial charge in [-0.05, 0) is 43.3 Å². The van der Waals surface area contributed by atoms with E-state index in [1.807, 2.05) is 61.5 Å². The van der Waals surface area contributed by atoms with Crippen molar-refractivity contribution in [3.63, 3.8) is 0 Å². The number of para-hydroxylation sites is 1. The Labute approximate surface area is 145 Å². The smallest absolute Gasteiger partial charge is 0.167 e. The van der Waals surface area contributed by atoms with Gasteiger partial charge in [0, 0.05) is 35.0 Å². The van der Waals surface area contributed by atoms with Gasteiger partial charge in [-0.25, -0.2) is 0 Å². The van der Waals surface area contributed by atoms with Crippen LogP contribution in [0, 0.1) is 6.92 Å². The summed E-state index contributed by atoms with van der Waals surface area (Å²) in [4.78, 5) is 9.06. The fourth-order valence-electron chi connectivity index (χ4n) is 2.98. The van der Waals surface area contributed by atoms with Gasteiger partial charge in [-0.15, -0.1) is 0 Å². The third-order valence-electron chi connectivity index (χ3n) is 4.20. The first-order valence-electron chi connectivity index (χ1n) is 8.20. The maximum atomic E-state index is 6.49. The molecule has 2 N–H and O–H groups in total.